The molecule has 0 spiro atoms. The first kappa shape index (κ1) is 11.0. The summed E-state index contributed by atoms with van der Waals surface area (Å²) in [7, 11) is 1.99. The molecule has 3 aromatic rings. The Morgan fingerprint density at radius 3 is 2.88 bits per heavy atom. The Morgan fingerprint density at radius 1 is 1.35 bits per heavy atom. The standard InChI is InChI=1S/C12H8Br2N2O/c1-16-8-5-15-3-2-6(8)10-11(14)9(17)4-7(13)12(10)16/h2-5,17H,1H3. The Bertz CT molecular complexity index is 749. The highest BCUT2D eigenvalue weighted by molar-refractivity contribution is 9.11. The molecule has 0 fully saturated rings. The lowest BCUT2D eigenvalue weighted by atomic mass is 10.2. The van der Waals surface area contributed by atoms with Gasteiger partial charge in [0.2, 0.25) is 0 Å². The molecule has 2 heterocycles. The normalized spacial score (nSPS) is 11.5. The third-order valence-electron chi connectivity index (χ3n) is 2.94. The fourth-order valence-electron chi connectivity index (χ4n) is 2.16. The van der Waals surface area contributed by atoms with Gasteiger partial charge in [-0.25, -0.2) is 0 Å². The number of phenols is 1. The molecule has 0 bridgehead atoms. The molecule has 0 atom stereocenters. The number of pyridine rings is 1. The fraction of sp³-hybridized carbons (Fsp3) is 0.0833. The number of hydrogen-bond acceptors (Lipinski definition) is 2. The number of nitrogens with zero attached hydrogens (tertiary/aromatic N) is 2. The van der Waals surface area contributed by atoms with Gasteiger partial charge in [0.05, 0.1) is 21.7 Å². The Kier molecular flexibility index (Phi) is 2.41. The highest BCUT2D eigenvalue weighted by Gasteiger charge is 2.16. The molecular weight excluding hydrogens is 348 g/mol. The topological polar surface area (TPSA) is 38.0 Å². The maximum Gasteiger partial charge on any atom is 0.131 e. The van der Waals surface area contributed by atoms with Crippen LogP contribution in [-0.2, 0) is 7.05 Å². The SMILES string of the molecule is Cn1c2cnccc2c2c(Br)c(O)cc(Br)c21. The minimum absolute atomic E-state index is 0.230. The van der Waals surface area contributed by atoms with Crippen molar-refractivity contribution in [2.24, 2.45) is 7.05 Å². The molecule has 0 unspecified atom stereocenters. The number of aryl methyl sites for hydroxylation is 1. The van der Waals surface area contributed by atoms with E-state index in [2.05, 4.69) is 41.4 Å². The molecular formula is C12H8Br2N2O. The minimum Gasteiger partial charge on any atom is -0.507 e. The maximum atomic E-state index is 9.87. The molecule has 1 N–H and O–H groups in total. The summed E-state index contributed by atoms with van der Waals surface area (Å²) < 4.78 is 3.64. The Labute approximate surface area is 114 Å². The molecule has 0 saturated heterocycles. The van der Waals surface area contributed by atoms with Crippen molar-refractivity contribution < 1.29 is 5.11 Å². The van der Waals surface area contributed by atoms with Gasteiger partial charge < -0.3 is 9.67 Å². The maximum absolute atomic E-state index is 9.87. The van der Waals surface area contributed by atoms with Gasteiger partial charge in [-0.2, -0.15) is 0 Å². The zero-order valence-electron chi connectivity index (χ0n) is 8.91. The van der Waals surface area contributed by atoms with Gasteiger partial charge in [-0.05, 0) is 44.0 Å². The minimum atomic E-state index is 0.230. The van der Waals surface area contributed by atoms with Crippen LogP contribution in [0.3, 0.4) is 0 Å². The van der Waals surface area contributed by atoms with Gasteiger partial charge in [0.15, 0.2) is 0 Å². The quantitative estimate of drug-likeness (QED) is 0.662. The largest absolute Gasteiger partial charge is 0.507 e. The Morgan fingerprint density at radius 2 is 2.12 bits per heavy atom. The van der Waals surface area contributed by atoms with Crippen LogP contribution in [0.5, 0.6) is 5.75 Å². The van der Waals surface area contributed by atoms with E-state index in [4.69, 9.17) is 0 Å². The van der Waals surface area contributed by atoms with Crippen LogP contribution in [0.4, 0.5) is 0 Å². The lowest BCUT2D eigenvalue weighted by Gasteiger charge is -2.03. The van der Waals surface area contributed by atoms with Gasteiger partial charge in [0.1, 0.15) is 5.75 Å². The van der Waals surface area contributed by atoms with Crippen molar-refractivity contribution in [3.63, 3.8) is 0 Å². The van der Waals surface area contributed by atoms with Crippen molar-refractivity contribution in [2.45, 2.75) is 0 Å². The average molecular weight is 356 g/mol. The number of aromatic nitrogens is 2. The second-order valence-electron chi connectivity index (χ2n) is 3.87. The Hall–Kier alpha value is -1.07. The molecule has 0 aliphatic heterocycles. The van der Waals surface area contributed by atoms with E-state index in [0.717, 1.165) is 26.3 Å². The zero-order chi connectivity index (χ0) is 12.2. The third kappa shape index (κ3) is 1.42. The summed E-state index contributed by atoms with van der Waals surface area (Å²) in [6.07, 6.45) is 3.58. The van der Waals surface area contributed by atoms with Crippen LogP contribution >= 0.6 is 31.9 Å². The van der Waals surface area contributed by atoms with Crippen LogP contribution in [0.15, 0.2) is 33.5 Å². The molecule has 1 aromatic carbocycles. The molecule has 0 saturated carbocycles. The van der Waals surface area contributed by atoms with Crippen molar-refractivity contribution >= 4 is 53.7 Å². The van der Waals surface area contributed by atoms with Gasteiger partial charge >= 0.3 is 0 Å². The van der Waals surface area contributed by atoms with Crippen LogP contribution in [0.25, 0.3) is 21.8 Å². The van der Waals surface area contributed by atoms with E-state index in [1.54, 1.807) is 12.3 Å². The molecule has 0 amide bonds. The third-order valence-corrected chi connectivity index (χ3v) is 4.34. The number of rotatable bonds is 0. The molecule has 17 heavy (non-hydrogen) atoms. The number of benzene rings is 1. The van der Waals surface area contributed by atoms with E-state index in [0.29, 0.717) is 4.47 Å². The second-order valence-corrected chi connectivity index (χ2v) is 5.51. The highest BCUT2D eigenvalue weighted by atomic mass is 79.9. The lowest BCUT2D eigenvalue weighted by molar-refractivity contribution is 0.472. The summed E-state index contributed by atoms with van der Waals surface area (Å²) >= 11 is 6.93. The molecule has 0 aliphatic rings. The smallest absolute Gasteiger partial charge is 0.131 e. The first-order valence-electron chi connectivity index (χ1n) is 5.00. The van der Waals surface area contributed by atoms with Crippen molar-refractivity contribution in [3.8, 4) is 5.75 Å². The zero-order valence-corrected chi connectivity index (χ0v) is 12.1. The molecule has 2 aromatic heterocycles. The van der Waals surface area contributed by atoms with Gasteiger partial charge in [-0.15, -0.1) is 0 Å². The summed E-state index contributed by atoms with van der Waals surface area (Å²) in [4.78, 5) is 4.14. The molecule has 5 heteroatoms. The predicted molar refractivity (Wildman–Crippen MR) is 75.3 cm³/mol. The van der Waals surface area contributed by atoms with E-state index in [9.17, 15) is 5.11 Å². The van der Waals surface area contributed by atoms with Crippen LogP contribution in [0, 0.1) is 0 Å². The molecule has 0 radical (unpaired) electrons. The summed E-state index contributed by atoms with van der Waals surface area (Å²) in [5, 5.41) is 11.9. The number of halogens is 2. The van der Waals surface area contributed by atoms with Crippen LogP contribution in [0.1, 0.15) is 0 Å². The predicted octanol–water partition coefficient (Wildman–Crippen LogP) is 3.96. The van der Waals surface area contributed by atoms with Gasteiger partial charge in [0.25, 0.3) is 0 Å². The van der Waals surface area contributed by atoms with E-state index in [1.165, 1.54) is 0 Å². The highest BCUT2D eigenvalue weighted by Crippen LogP contribution is 2.42. The summed E-state index contributed by atoms with van der Waals surface area (Å²) in [5.41, 5.74) is 2.08. The molecule has 0 aliphatic carbocycles. The van der Waals surface area contributed by atoms with Crippen LogP contribution in [0.2, 0.25) is 0 Å². The lowest BCUT2D eigenvalue weighted by Crippen LogP contribution is -1.88. The van der Waals surface area contributed by atoms with Crippen molar-refractivity contribution in [3.05, 3.63) is 33.5 Å². The molecule has 3 rings (SSSR count). The second kappa shape index (κ2) is 3.71. The van der Waals surface area contributed by atoms with E-state index >= 15 is 0 Å². The number of hydrogen-bond donors (Lipinski definition) is 1. The molecule has 3 nitrogen and oxygen atoms in total. The first-order valence-corrected chi connectivity index (χ1v) is 6.59. The van der Waals surface area contributed by atoms with Gasteiger partial charge in [-0.3, -0.25) is 4.98 Å². The summed E-state index contributed by atoms with van der Waals surface area (Å²) in [6.45, 7) is 0. The van der Waals surface area contributed by atoms with E-state index < -0.39 is 0 Å². The summed E-state index contributed by atoms with van der Waals surface area (Å²) in [6, 6.07) is 3.65. The van der Waals surface area contributed by atoms with E-state index in [-0.39, 0.29) is 5.75 Å². The number of aromatic hydroxyl groups is 1. The first-order chi connectivity index (χ1) is 8.11. The van der Waals surface area contributed by atoms with Crippen molar-refractivity contribution in [2.75, 3.05) is 0 Å². The monoisotopic (exact) mass is 354 g/mol. The Balaban J connectivity index is 2.72. The van der Waals surface area contributed by atoms with E-state index in [1.807, 2.05) is 19.3 Å². The number of phenolic OH excluding ortho intramolecular Hbond substituents is 1. The average Bonchev–Trinajstić information content (AvgIpc) is 2.61. The van der Waals surface area contributed by atoms with Crippen LogP contribution < -0.4 is 0 Å². The van der Waals surface area contributed by atoms with Crippen molar-refractivity contribution in [1.82, 2.24) is 9.55 Å². The van der Waals surface area contributed by atoms with Gasteiger partial charge in [-0.1, -0.05) is 0 Å². The van der Waals surface area contributed by atoms with Gasteiger partial charge in [0, 0.05) is 28.5 Å². The summed E-state index contributed by atoms with van der Waals surface area (Å²) in [5.74, 6) is 0.230. The molecule has 86 valence electrons. The van der Waals surface area contributed by atoms with Crippen molar-refractivity contribution in [1.29, 1.82) is 0 Å². The fourth-order valence-corrected chi connectivity index (χ4v) is 3.36. The van der Waals surface area contributed by atoms with Crippen LogP contribution in [-0.4, -0.2) is 14.7 Å². The number of fused-ring (bicyclic) bond motifs is 3.